The lowest BCUT2D eigenvalue weighted by Crippen LogP contribution is -2.11. The molecule has 1 N–H and O–H groups in total. The minimum atomic E-state index is -1.08. The molecule has 0 spiro atoms. The largest absolute Gasteiger partial charge is 0.487 e. The van der Waals surface area contributed by atoms with Crippen molar-refractivity contribution in [2.45, 2.75) is 52.7 Å². The summed E-state index contributed by atoms with van der Waals surface area (Å²) in [7, 11) is 0. The fourth-order valence-electron chi connectivity index (χ4n) is 2.31. The van der Waals surface area contributed by atoms with E-state index in [1.165, 1.54) is 5.56 Å². The first kappa shape index (κ1) is 17.0. The van der Waals surface area contributed by atoms with Gasteiger partial charge in [-0.3, -0.25) is 0 Å². The summed E-state index contributed by atoms with van der Waals surface area (Å²) >= 11 is 0. The van der Waals surface area contributed by atoms with Crippen LogP contribution in [0.25, 0.3) is 0 Å². The summed E-state index contributed by atoms with van der Waals surface area (Å²) in [6, 6.07) is 7.80. The number of benzene rings is 1. The summed E-state index contributed by atoms with van der Waals surface area (Å²) in [5.74, 6) is -0.369. The van der Waals surface area contributed by atoms with Gasteiger partial charge in [0.25, 0.3) is 0 Å². The number of hydrogen-bond donors (Lipinski definition) is 1. The van der Waals surface area contributed by atoms with Crippen molar-refractivity contribution in [1.82, 2.24) is 15.0 Å². The van der Waals surface area contributed by atoms with Crippen LogP contribution in [0.2, 0.25) is 0 Å². The molecule has 0 saturated carbocycles. The van der Waals surface area contributed by atoms with Gasteiger partial charge in [-0.2, -0.15) is 0 Å². The van der Waals surface area contributed by atoms with Gasteiger partial charge in [-0.25, -0.2) is 9.48 Å². The number of unbranched alkanes of at least 4 members (excludes halogenated alkanes) is 2. The third kappa shape index (κ3) is 4.55. The SMILES string of the molecule is CCCCCn1nnc(C(=O)O)c1COc1ccc(CC)cc1. The number of carboxylic acid groups (broad SMARTS) is 1. The topological polar surface area (TPSA) is 77.2 Å². The van der Waals surface area contributed by atoms with E-state index >= 15 is 0 Å². The quantitative estimate of drug-likeness (QED) is 0.718. The Morgan fingerprint density at radius 1 is 1.22 bits per heavy atom. The van der Waals surface area contributed by atoms with Crippen molar-refractivity contribution in [3.8, 4) is 5.75 Å². The van der Waals surface area contributed by atoms with Gasteiger partial charge < -0.3 is 9.84 Å². The van der Waals surface area contributed by atoms with Crippen LogP contribution >= 0.6 is 0 Å². The highest BCUT2D eigenvalue weighted by molar-refractivity contribution is 5.86. The smallest absolute Gasteiger partial charge is 0.358 e. The van der Waals surface area contributed by atoms with E-state index in [9.17, 15) is 9.90 Å². The molecule has 6 nitrogen and oxygen atoms in total. The van der Waals surface area contributed by atoms with E-state index in [-0.39, 0.29) is 12.3 Å². The minimum Gasteiger partial charge on any atom is -0.487 e. The van der Waals surface area contributed by atoms with Crippen molar-refractivity contribution < 1.29 is 14.6 Å². The van der Waals surface area contributed by atoms with Gasteiger partial charge >= 0.3 is 5.97 Å². The van der Waals surface area contributed by atoms with Crippen LogP contribution in [-0.2, 0) is 19.6 Å². The van der Waals surface area contributed by atoms with Gasteiger partial charge in [0.2, 0.25) is 0 Å². The predicted octanol–water partition coefficient (Wildman–Crippen LogP) is 3.31. The van der Waals surface area contributed by atoms with Crippen LogP contribution in [0, 0.1) is 0 Å². The average Bonchev–Trinajstić information content (AvgIpc) is 2.97. The third-order valence-corrected chi connectivity index (χ3v) is 3.72. The highest BCUT2D eigenvalue weighted by atomic mass is 16.5. The second-order valence-corrected chi connectivity index (χ2v) is 5.41. The minimum absolute atomic E-state index is 0.0355. The highest BCUT2D eigenvalue weighted by Gasteiger charge is 2.19. The second kappa shape index (κ2) is 8.31. The van der Waals surface area contributed by atoms with Crippen molar-refractivity contribution in [3.63, 3.8) is 0 Å². The van der Waals surface area contributed by atoms with Crippen molar-refractivity contribution >= 4 is 5.97 Å². The number of carboxylic acids is 1. The number of rotatable bonds is 9. The number of aromatic carboxylic acids is 1. The fraction of sp³-hybridized carbons (Fsp3) is 0.471. The molecule has 0 amide bonds. The van der Waals surface area contributed by atoms with E-state index in [1.807, 2.05) is 24.3 Å². The summed E-state index contributed by atoms with van der Waals surface area (Å²) in [5, 5.41) is 17.0. The van der Waals surface area contributed by atoms with Crippen LogP contribution in [0.5, 0.6) is 5.75 Å². The first-order chi connectivity index (χ1) is 11.2. The fourth-order valence-corrected chi connectivity index (χ4v) is 2.31. The van der Waals surface area contributed by atoms with Gasteiger partial charge in [0, 0.05) is 6.54 Å². The molecule has 0 aliphatic carbocycles. The van der Waals surface area contributed by atoms with Crippen molar-refractivity contribution in [1.29, 1.82) is 0 Å². The lowest BCUT2D eigenvalue weighted by Gasteiger charge is -2.09. The molecule has 0 aliphatic heterocycles. The Balaban J connectivity index is 2.09. The maximum Gasteiger partial charge on any atom is 0.358 e. The van der Waals surface area contributed by atoms with Gasteiger partial charge in [-0.15, -0.1) is 5.10 Å². The van der Waals surface area contributed by atoms with Crippen molar-refractivity contribution in [2.75, 3.05) is 0 Å². The van der Waals surface area contributed by atoms with Crippen LogP contribution < -0.4 is 4.74 Å². The zero-order valence-electron chi connectivity index (χ0n) is 13.7. The molecule has 23 heavy (non-hydrogen) atoms. The first-order valence-corrected chi connectivity index (χ1v) is 8.03. The Morgan fingerprint density at radius 2 is 1.96 bits per heavy atom. The van der Waals surface area contributed by atoms with E-state index < -0.39 is 5.97 Å². The van der Waals surface area contributed by atoms with E-state index in [0.29, 0.717) is 18.0 Å². The Morgan fingerprint density at radius 3 is 2.57 bits per heavy atom. The summed E-state index contributed by atoms with van der Waals surface area (Å²) in [5.41, 5.74) is 1.70. The molecular weight excluding hydrogens is 294 g/mol. The summed E-state index contributed by atoms with van der Waals surface area (Å²) < 4.78 is 7.36. The van der Waals surface area contributed by atoms with Gasteiger partial charge in [0.15, 0.2) is 5.69 Å². The Kier molecular flexibility index (Phi) is 6.14. The van der Waals surface area contributed by atoms with Gasteiger partial charge in [0.1, 0.15) is 18.1 Å². The molecule has 1 heterocycles. The maximum absolute atomic E-state index is 11.3. The zero-order chi connectivity index (χ0) is 16.7. The summed E-state index contributed by atoms with van der Waals surface area (Å²) in [6.45, 7) is 5.01. The van der Waals surface area contributed by atoms with E-state index in [2.05, 4.69) is 24.2 Å². The van der Waals surface area contributed by atoms with Crippen LogP contribution in [0.1, 0.15) is 54.9 Å². The number of aromatic nitrogens is 3. The molecular formula is C17H23N3O3. The molecule has 6 heteroatoms. The lowest BCUT2D eigenvalue weighted by molar-refractivity contribution is 0.0687. The Bertz CT molecular complexity index is 635. The van der Waals surface area contributed by atoms with E-state index in [1.54, 1.807) is 4.68 Å². The average molecular weight is 317 g/mol. The van der Waals surface area contributed by atoms with E-state index in [4.69, 9.17) is 4.74 Å². The van der Waals surface area contributed by atoms with Gasteiger partial charge in [-0.05, 0) is 30.5 Å². The molecule has 0 radical (unpaired) electrons. The Labute approximate surface area is 136 Å². The molecule has 1 aromatic heterocycles. The number of nitrogens with zero attached hydrogens (tertiary/aromatic N) is 3. The summed E-state index contributed by atoms with van der Waals surface area (Å²) in [6.07, 6.45) is 4.08. The summed E-state index contributed by atoms with van der Waals surface area (Å²) in [4.78, 5) is 11.3. The molecule has 2 aromatic rings. The molecule has 2 rings (SSSR count). The standard InChI is InChI=1S/C17H23N3O3/c1-3-5-6-11-20-15(16(17(21)22)18-19-20)12-23-14-9-7-13(4-2)8-10-14/h7-10H,3-6,11-12H2,1-2H3,(H,21,22). The van der Waals surface area contributed by atoms with Gasteiger partial charge in [0.05, 0.1) is 0 Å². The van der Waals surface area contributed by atoms with Crippen LogP contribution in [0.15, 0.2) is 24.3 Å². The van der Waals surface area contributed by atoms with Crippen LogP contribution in [0.4, 0.5) is 0 Å². The van der Waals surface area contributed by atoms with Crippen molar-refractivity contribution in [2.24, 2.45) is 0 Å². The van der Waals surface area contributed by atoms with Crippen LogP contribution in [0.3, 0.4) is 0 Å². The highest BCUT2D eigenvalue weighted by Crippen LogP contribution is 2.16. The second-order valence-electron chi connectivity index (χ2n) is 5.41. The lowest BCUT2D eigenvalue weighted by atomic mass is 10.2. The first-order valence-electron chi connectivity index (χ1n) is 8.03. The molecule has 0 aliphatic rings. The molecule has 1 aromatic carbocycles. The van der Waals surface area contributed by atoms with Crippen molar-refractivity contribution in [3.05, 3.63) is 41.2 Å². The monoisotopic (exact) mass is 317 g/mol. The number of hydrogen-bond acceptors (Lipinski definition) is 4. The molecule has 0 saturated heterocycles. The molecule has 0 fully saturated rings. The van der Waals surface area contributed by atoms with Crippen LogP contribution in [-0.4, -0.2) is 26.1 Å². The zero-order valence-corrected chi connectivity index (χ0v) is 13.7. The molecule has 0 unspecified atom stereocenters. The third-order valence-electron chi connectivity index (χ3n) is 3.72. The normalized spacial score (nSPS) is 10.7. The number of ether oxygens (including phenoxy) is 1. The number of carbonyl (C=O) groups is 1. The van der Waals surface area contributed by atoms with E-state index in [0.717, 1.165) is 25.7 Å². The predicted molar refractivity (Wildman–Crippen MR) is 86.7 cm³/mol. The maximum atomic E-state index is 11.3. The number of aryl methyl sites for hydroxylation is 2. The molecule has 0 atom stereocenters. The van der Waals surface area contributed by atoms with Gasteiger partial charge in [-0.1, -0.05) is 44.0 Å². The Hall–Kier alpha value is -2.37. The molecule has 124 valence electrons. The molecule has 0 bridgehead atoms.